The van der Waals surface area contributed by atoms with Crippen LogP contribution in [0.25, 0.3) is 0 Å². The molecule has 0 aliphatic heterocycles. The second-order valence-electron chi connectivity index (χ2n) is 4.68. The highest BCUT2D eigenvalue weighted by molar-refractivity contribution is 5.95. The van der Waals surface area contributed by atoms with Gasteiger partial charge >= 0.3 is 0 Å². The van der Waals surface area contributed by atoms with Crippen molar-refractivity contribution in [2.45, 2.75) is 20.4 Å². The van der Waals surface area contributed by atoms with Gasteiger partial charge in [0.25, 0.3) is 5.56 Å². The fourth-order valence-electron chi connectivity index (χ4n) is 1.78. The standard InChI is InChI=1S/C15H15N3O3/c1-10-7-15(21)18(9-16-10)8-14(20)17-13-5-3-12(4-6-13)11(2)19/h3-7,9H,8H2,1-2H3,(H,17,20). The Morgan fingerprint density at radius 2 is 1.90 bits per heavy atom. The van der Waals surface area contributed by atoms with Crippen molar-refractivity contribution >= 4 is 17.4 Å². The van der Waals surface area contributed by atoms with Crippen LogP contribution in [-0.2, 0) is 11.3 Å². The molecule has 0 radical (unpaired) electrons. The third-order valence-corrected chi connectivity index (χ3v) is 2.91. The van der Waals surface area contributed by atoms with Gasteiger partial charge in [-0.05, 0) is 38.1 Å². The molecule has 1 aromatic carbocycles. The Kier molecular flexibility index (Phi) is 4.27. The van der Waals surface area contributed by atoms with Crippen molar-refractivity contribution in [2.24, 2.45) is 0 Å². The number of carbonyl (C=O) groups excluding carboxylic acids is 2. The Morgan fingerprint density at radius 1 is 1.24 bits per heavy atom. The van der Waals surface area contributed by atoms with E-state index in [1.807, 2.05) is 0 Å². The number of carbonyl (C=O) groups is 2. The molecular weight excluding hydrogens is 270 g/mol. The Hall–Kier alpha value is -2.76. The van der Waals surface area contributed by atoms with Gasteiger partial charge in [0.2, 0.25) is 5.91 Å². The normalized spacial score (nSPS) is 10.2. The fraction of sp³-hybridized carbons (Fsp3) is 0.200. The van der Waals surface area contributed by atoms with Crippen LogP contribution >= 0.6 is 0 Å². The van der Waals surface area contributed by atoms with Crippen LogP contribution in [0.1, 0.15) is 23.0 Å². The quantitative estimate of drug-likeness (QED) is 0.861. The number of ketones is 1. The largest absolute Gasteiger partial charge is 0.325 e. The van der Waals surface area contributed by atoms with Crippen LogP contribution in [0.2, 0.25) is 0 Å². The molecule has 0 saturated heterocycles. The van der Waals surface area contributed by atoms with Crippen LogP contribution in [-0.4, -0.2) is 21.2 Å². The average Bonchev–Trinajstić information content (AvgIpc) is 2.42. The van der Waals surface area contributed by atoms with E-state index < -0.39 is 0 Å². The van der Waals surface area contributed by atoms with Gasteiger partial charge in [-0.25, -0.2) is 4.98 Å². The molecule has 6 heteroatoms. The first-order valence-electron chi connectivity index (χ1n) is 6.39. The number of nitrogens with zero attached hydrogens (tertiary/aromatic N) is 2. The number of Topliss-reactive ketones (excluding diaryl/α,β-unsaturated/α-hetero) is 1. The number of amides is 1. The zero-order valence-electron chi connectivity index (χ0n) is 11.8. The van der Waals surface area contributed by atoms with E-state index in [0.717, 1.165) is 0 Å². The smallest absolute Gasteiger partial charge is 0.253 e. The topological polar surface area (TPSA) is 81.1 Å². The van der Waals surface area contributed by atoms with Crippen molar-refractivity contribution in [3.05, 3.63) is 58.3 Å². The summed E-state index contributed by atoms with van der Waals surface area (Å²) in [6.45, 7) is 3.08. The van der Waals surface area contributed by atoms with E-state index in [0.29, 0.717) is 16.9 Å². The number of anilines is 1. The summed E-state index contributed by atoms with van der Waals surface area (Å²) in [6.07, 6.45) is 1.34. The predicted octanol–water partition coefficient (Wildman–Crippen LogP) is 1.39. The molecule has 6 nitrogen and oxygen atoms in total. The van der Waals surface area contributed by atoms with Gasteiger partial charge < -0.3 is 5.32 Å². The lowest BCUT2D eigenvalue weighted by atomic mass is 10.1. The van der Waals surface area contributed by atoms with E-state index in [9.17, 15) is 14.4 Å². The highest BCUT2D eigenvalue weighted by atomic mass is 16.2. The minimum absolute atomic E-state index is 0.0369. The molecular formula is C15H15N3O3. The number of rotatable bonds is 4. The molecule has 0 aliphatic rings. The minimum atomic E-state index is -0.335. The summed E-state index contributed by atoms with van der Waals surface area (Å²) in [4.78, 5) is 38.7. The first kappa shape index (κ1) is 14.6. The second kappa shape index (κ2) is 6.13. The van der Waals surface area contributed by atoms with E-state index in [2.05, 4.69) is 10.3 Å². The van der Waals surface area contributed by atoms with Crippen LogP contribution in [0.5, 0.6) is 0 Å². The molecule has 0 bridgehead atoms. The monoisotopic (exact) mass is 285 g/mol. The Labute approximate surface area is 121 Å². The number of aryl methyl sites for hydroxylation is 1. The zero-order valence-corrected chi connectivity index (χ0v) is 11.8. The number of hydrogen-bond acceptors (Lipinski definition) is 4. The Bertz CT molecular complexity index is 733. The van der Waals surface area contributed by atoms with Gasteiger partial charge in [-0.2, -0.15) is 0 Å². The predicted molar refractivity (Wildman–Crippen MR) is 78.3 cm³/mol. The van der Waals surface area contributed by atoms with Crippen LogP contribution in [0, 0.1) is 6.92 Å². The van der Waals surface area contributed by atoms with Gasteiger partial charge in [-0.3, -0.25) is 19.0 Å². The zero-order chi connectivity index (χ0) is 15.4. The van der Waals surface area contributed by atoms with Crippen molar-refractivity contribution < 1.29 is 9.59 Å². The molecule has 0 atom stereocenters. The molecule has 0 unspecified atom stereocenters. The molecule has 108 valence electrons. The molecule has 2 aromatic rings. The van der Waals surface area contributed by atoms with Crippen molar-refractivity contribution in [3.8, 4) is 0 Å². The van der Waals surface area contributed by atoms with Gasteiger partial charge in [-0.1, -0.05) is 0 Å². The number of benzene rings is 1. The number of nitrogens with one attached hydrogen (secondary N) is 1. The lowest BCUT2D eigenvalue weighted by Gasteiger charge is -2.07. The van der Waals surface area contributed by atoms with E-state index in [-0.39, 0.29) is 23.8 Å². The summed E-state index contributed by atoms with van der Waals surface area (Å²) in [5.41, 5.74) is 1.48. The minimum Gasteiger partial charge on any atom is -0.325 e. The molecule has 0 fully saturated rings. The highest BCUT2D eigenvalue weighted by Gasteiger charge is 2.06. The molecule has 1 N–H and O–H groups in total. The first-order valence-corrected chi connectivity index (χ1v) is 6.39. The van der Waals surface area contributed by atoms with Gasteiger partial charge in [0.05, 0.1) is 6.33 Å². The lowest BCUT2D eigenvalue weighted by Crippen LogP contribution is -2.27. The Balaban J connectivity index is 2.04. The second-order valence-corrected chi connectivity index (χ2v) is 4.68. The lowest BCUT2D eigenvalue weighted by molar-refractivity contribution is -0.116. The van der Waals surface area contributed by atoms with Crippen molar-refractivity contribution in [2.75, 3.05) is 5.32 Å². The molecule has 21 heavy (non-hydrogen) atoms. The molecule has 0 spiro atoms. The van der Waals surface area contributed by atoms with Gasteiger partial charge in [0.15, 0.2) is 5.78 Å². The maximum absolute atomic E-state index is 11.9. The van der Waals surface area contributed by atoms with Gasteiger partial charge in [-0.15, -0.1) is 0 Å². The summed E-state index contributed by atoms with van der Waals surface area (Å²) in [7, 11) is 0. The number of aromatic nitrogens is 2. The SMILES string of the molecule is CC(=O)c1ccc(NC(=O)Cn2cnc(C)cc2=O)cc1. The fourth-order valence-corrected chi connectivity index (χ4v) is 1.78. The Morgan fingerprint density at radius 3 is 2.48 bits per heavy atom. The maximum Gasteiger partial charge on any atom is 0.253 e. The number of hydrogen-bond donors (Lipinski definition) is 1. The molecule has 2 rings (SSSR count). The van der Waals surface area contributed by atoms with E-state index >= 15 is 0 Å². The average molecular weight is 285 g/mol. The van der Waals surface area contributed by atoms with E-state index in [1.165, 1.54) is 23.9 Å². The van der Waals surface area contributed by atoms with Crippen LogP contribution in [0.15, 0.2) is 41.5 Å². The summed E-state index contributed by atoms with van der Waals surface area (Å²) in [5, 5.41) is 2.66. The summed E-state index contributed by atoms with van der Waals surface area (Å²) in [5.74, 6) is -0.372. The summed E-state index contributed by atoms with van der Waals surface area (Å²) in [6, 6.07) is 7.93. The first-order chi connectivity index (χ1) is 9.95. The molecule has 0 saturated carbocycles. The highest BCUT2D eigenvalue weighted by Crippen LogP contribution is 2.10. The molecule has 1 aromatic heterocycles. The van der Waals surface area contributed by atoms with Crippen molar-refractivity contribution in [3.63, 3.8) is 0 Å². The molecule has 1 amide bonds. The van der Waals surface area contributed by atoms with Crippen molar-refractivity contribution in [1.82, 2.24) is 9.55 Å². The van der Waals surface area contributed by atoms with Crippen LogP contribution in [0.4, 0.5) is 5.69 Å². The summed E-state index contributed by atoms with van der Waals surface area (Å²) < 4.78 is 1.23. The third kappa shape index (κ3) is 3.85. The third-order valence-electron chi connectivity index (χ3n) is 2.91. The molecule has 1 heterocycles. The van der Waals surface area contributed by atoms with E-state index in [4.69, 9.17) is 0 Å². The van der Waals surface area contributed by atoms with Crippen molar-refractivity contribution in [1.29, 1.82) is 0 Å². The van der Waals surface area contributed by atoms with Crippen LogP contribution in [0.3, 0.4) is 0 Å². The van der Waals surface area contributed by atoms with Gasteiger partial charge in [0, 0.05) is 23.0 Å². The maximum atomic E-state index is 11.9. The van der Waals surface area contributed by atoms with E-state index in [1.54, 1.807) is 31.2 Å². The molecule has 0 aliphatic carbocycles. The van der Waals surface area contributed by atoms with Gasteiger partial charge in [0.1, 0.15) is 6.54 Å². The van der Waals surface area contributed by atoms with Crippen LogP contribution < -0.4 is 10.9 Å². The summed E-state index contributed by atoms with van der Waals surface area (Å²) >= 11 is 0.